The number of aldehydes is 1. The molecular formula is C27H53N9O10. The maximum absolute atomic E-state index is 12.3. The molecule has 0 spiro atoms. The summed E-state index contributed by atoms with van der Waals surface area (Å²) in [6, 6.07) is -2.20. The van der Waals surface area contributed by atoms with E-state index < -0.39 is 92.1 Å². The third-order valence-corrected chi connectivity index (χ3v) is 4.60. The number of nitrogens with one attached hydrogen (secondary N) is 6. The zero-order valence-electron chi connectivity index (χ0n) is 27.4. The molecule has 0 bridgehead atoms. The van der Waals surface area contributed by atoms with E-state index in [0.717, 1.165) is 12.8 Å². The lowest BCUT2D eigenvalue weighted by molar-refractivity contribution is -0.132. The predicted octanol–water partition coefficient (Wildman–Crippen LogP) is -4.45. The van der Waals surface area contributed by atoms with E-state index in [2.05, 4.69) is 52.7 Å². The van der Waals surface area contributed by atoms with Crippen LogP contribution in [-0.4, -0.2) is 110 Å². The minimum absolute atomic E-state index is 0.193. The monoisotopic (exact) mass is 663 g/mol. The Morgan fingerprint density at radius 3 is 1.52 bits per heavy atom. The maximum Gasteiger partial charge on any atom is 0.246 e. The van der Waals surface area contributed by atoms with Crippen LogP contribution in [0.2, 0.25) is 0 Å². The normalized spacial score (nSPS) is 10.5. The van der Waals surface area contributed by atoms with Gasteiger partial charge in [0.25, 0.3) is 0 Å². The number of unbranched alkanes of at least 4 members (excludes halogenated alkanes) is 1. The highest BCUT2D eigenvalue weighted by Crippen LogP contribution is 1.97. The van der Waals surface area contributed by atoms with E-state index in [4.69, 9.17) is 27.1 Å². The lowest BCUT2D eigenvalue weighted by atomic mass is 10.1. The standard InChI is InChI=1S/C18H30N8O9.C4H11N.C3H8.C2H4O/c1-9(17(20)34)25-14(31)6-22-12(29)4-21-13(30)5-24-18(35)10(2-3-11(19)28)26-15(32)7-23-16(33)8-27;1-2-3-4-5;1-3-2;1-2-3/h9-10,27H,2-8H2,1H3,(H2,19,28)(H2,20,34)(H,21,30)(H,22,29)(H,23,33)(H,24,35)(H,25,31)(H,26,32);2-5H2,1H3;3H2,1-2H3;2H,1H3. The quantitative estimate of drug-likeness (QED) is 0.0623. The maximum atomic E-state index is 12.3. The second kappa shape index (κ2) is 33.2. The molecule has 0 aliphatic carbocycles. The number of aliphatic hydroxyl groups excluding tert-OH is 1. The van der Waals surface area contributed by atoms with Crippen LogP contribution in [-0.2, 0) is 43.2 Å². The number of hydrogen-bond donors (Lipinski definition) is 10. The van der Waals surface area contributed by atoms with Gasteiger partial charge in [-0.15, -0.1) is 0 Å². The first-order valence-corrected chi connectivity index (χ1v) is 14.5. The molecule has 2 atom stereocenters. The minimum atomic E-state index is -1.27. The molecule has 0 heterocycles. The first-order valence-electron chi connectivity index (χ1n) is 14.5. The molecule has 46 heavy (non-hydrogen) atoms. The summed E-state index contributed by atoms with van der Waals surface area (Å²) in [5, 5.41) is 21.8. The van der Waals surface area contributed by atoms with Crippen LogP contribution >= 0.6 is 0 Å². The molecule has 19 nitrogen and oxygen atoms in total. The lowest BCUT2D eigenvalue weighted by Crippen LogP contribution is -2.52. The average Bonchev–Trinajstić information content (AvgIpc) is 2.99. The summed E-state index contributed by atoms with van der Waals surface area (Å²) in [7, 11) is 0. The van der Waals surface area contributed by atoms with E-state index in [1.807, 2.05) is 0 Å². The first kappa shape index (κ1) is 48.3. The minimum Gasteiger partial charge on any atom is -0.387 e. The summed E-state index contributed by atoms with van der Waals surface area (Å²) < 4.78 is 0. The largest absolute Gasteiger partial charge is 0.387 e. The molecule has 0 aromatic carbocycles. The lowest BCUT2D eigenvalue weighted by Gasteiger charge is -2.18. The fourth-order valence-electron chi connectivity index (χ4n) is 2.38. The fourth-order valence-corrected chi connectivity index (χ4v) is 2.38. The molecular weight excluding hydrogens is 610 g/mol. The fraction of sp³-hybridized carbons (Fsp3) is 0.667. The van der Waals surface area contributed by atoms with Crippen LogP contribution < -0.4 is 49.1 Å². The van der Waals surface area contributed by atoms with Crippen molar-refractivity contribution in [3.63, 3.8) is 0 Å². The smallest absolute Gasteiger partial charge is 0.246 e. The van der Waals surface area contributed by atoms with Crippen molar-refractivity contribution in [2.45, 2.75) is 78.8 Å². The summed E-state index contributed by atoms with van der Waals surface area (Å²) in [4.78, 5) is 101. The van der Waals surface area contributed by atoms with Crippen LogP contribution in [0.1, 0.15) is 66.7 Å². The average molecular weight is 664 g/mol. The number of nitrogens with two attached hydrogens (primary N) is 3. The van der Waals surface area contributed by atoms with Gasteiger partial charge in [0.2, 0.25) is 47.3 Å². The predicted molar refractivity (Wildman–Crippen MR) is 168 cm³/mol. The van der Waals surface area contributed by atoms with E-state index in [1.165, 1.54) is 33.1 Å². The van der Waals surface area contributed by atoms with Gasteiger partial charge in [0, 0.05) is 6.42 Å². The zero-order chi connectivity index (χ0) is 36.5. The van der Waals surface area contributed by atoms with Crippen molar-refractivity contribution in [3.05, 3.63) is 0 Å². The van der Waals surface area contributed by atoms with Crippen LogP contribution in [0.4, 0.5) is 0 Å². The summed E-state index contributed by atoms with van der Waals surface area (Å²) in [6.07, 6.45) is 3.93. The Labute approximate surface area is 269 Å². The van der Waals surface area contributed by atoms with Gasteiger partial charge in [-0.25, -0.2) is 0 Å². The summed E-state index contributed by atoms with van der Waals surface area (Å²) in [6.45, 7) is 7.05. The second-order valence-electron chi connectivity index (χ2n) is 9.11. The van der Waals surface area contributed by atoms with Crippen molar-refractivity contribution < 1.29 is 48.3 Å². The number of hydrogen-bond acceptors (Lipinski definition) is 11. The van der Waals surface area contributed by atoms with Crippen molar-refractivity contribution in [3.8, 4) is 0 Å². The molecule has 8 amide bonds. The second-order valence-corrected chi connectivity index (χ2v) is 9.11. The van der Waals surface area contributed by atoms with Gasteiger partial charge in [-0.05, 0) is 33.2 Å². The van der Waals surface area contributed by atoms with Crippen LogP contribution in [0.5, 0.6) is 0 Å². The highest BCUT2D eigenvalue weighted by atomic mass is 16.3. The number of aliphatic hydroxyl groups is 1. The highest BCUT2D eigenvalue weighted by molar-refractivity contribution is 5.94. The van der Waals surface area contributed by atoms with Gasteiger partial charge in [-0.3, -0.25) is 38.4 Å². The number of carbonyl (C=O) groups excluding carboxylic acids is 9. The van der Waals surface area contributed by atoms with Gasteiger partial charge in [-0.2, -0.15) is 0 Å². The Morgan fingerprint density at radius 1 is 0.739 bits per heavy atom. The highest BCUT2D eigenvalue weighted by Gasteiger charge is 2.22. The SMILES string of the molecule is CC(NC(=O)CNC(=O)CNC(=O)CNC(=O)C(CCC(N)=O)NC(=O)CNC(=O)CO)C(N)=O.CC=O.CCC.CCCCN. The Bertz CT molecular complexity index is 947. The van der Waals surface area contributed by atoms with Gasteiger partial charge in [0.1, 0.15) is 25.0 Å². The van der Waals surface area contributed by atoms with Crippen LogP contribution in [0.15, 0.2) is 0 Å². The summed E-state index contributed by atoms with van der Waals surface area (Å²) in [5.74, 6) is -6.16. The molecule has 0 saturated carbocycles. The molecule has 0 aliphatic rings. The molecule has 0 rings (SSSR count). The van der Waals surface area contributed by atoms with Crippen molar-refractivity contribution in [1.29, 1.82) is 0 Å². The molecule has 0 aromatic heterocycles. The number of amides is 8. The Hall–Kier alpha value is -4.65. The van der Waals surface area contributed by atoms with E-state index in [9.17, 15) is 38.4 Å². The van der Waals surface area contributed by atoms with E-state index in [1.54, 1.807) is 0 Å². The third kappa shape index (κ3) is 35.5. The van der Waals surface area contributed by atoms with E-state index in [0.29, 0.717) is 0 Å². The number of rotatable bonds is 18. The molecule has 19 heteroatoms. The third-order valence-electron chi connectivity index (χ3n) is 4.60. The van der Waals surface area contributed by atoms with Gasteiger partial charge in [0.05, 0.1) is 26.2 Å². The van der Waals surface area contributed by atoms with Crippen molar-refractivity contribution in [2.75, 3.05) is 39.3 Å². The molecule has 0 aromatic rings. The van der Waals surface area contributed by atoms with Crippen molar-refractivity contribution in [1.82, 2.24) is 31.9 Å². The topological polar surface area (TPSA) is 324 Å². The molecule has 2 unspecified atom stereocenters. The van der Waals surface area contributed by atoms with Crippen LogP contribution in [0, 0.1) is 0 Å². The Kier molecular flexibility index (Phi) is 34.9. The van der Waals surface area contributed by atoms with Gasteiger partial charge < -0.3 is 59.0 Å². The summed E-state index contributed by atoms with van der Waals surface area (Å²) in [5.41, 5.74) is 15.2. The van der Waals surface area contributed by atoms with Crippen molar-refractivity contribution >= 4 is 53.5 Å². The molecule has 0 saturated heterocycles. The van der Waals surface area contributed by atoms with E-state index >= 15 is 0 Å². The zero-order valence-corrected chi connectivity index (χ0v) is 27.4. The van der Waals surface area contributed by atoms with Gasteiger partial charge >= 0.3 is 0 Å². The van der Waals surface area contributed by atoms with Gasteiger partial charge in [0.15, 0.2) is 0 Å². The Morgan fingerprint density at radius 2 is 1.15 bits per heavy atom. The van der Waals surface area contributed by atoms with Crippen LogP contribution in [0.3, 0.4) is 0 Å². The Balaban J connectivity index is -0.000000689. The molecule has 266 valence electrons. The first-order chi connectivity index (χ1) is 21.6. The summed E-state index contributed by atoms with van der Waals surface area (Å²) >= 11 is 0. The van der Waals surface area contributed by atoms with Crippen molar-refractivity contribution in [2.24, 2.45) is 17.2 Å². The van der Waals surface area contributed by atoms with E-state index in [-0.39, 0.29) is 12.8 Å². The molecule has 0 aliphatic heterocycles. The molecule has 13 N–H and O–H groups in total. The molecule has 0 radical (unpaired) electrons. The van der Waals surface area contributed by atoms with Crippen LogP contribution in [0.25, 0.3) is 0 Å². The van der Waals surface area contributed by atoms with Gasteiger partial charge in [-0.1, -0.05) is 33.6 Å². The molecule has 0 fully saturated rings. The number of primary amides is 2. The number of carbonyl (C=O) groups is 9.